The van der Waals surface area contributed by atoms with E-state index in [0.29, 0.717) is 5.69 Å². The molecular formula is C11H12F2N2O2. The summed E-state index contributed by atoms with van der Waals surface area (Å²) in [6.45, 7) is -0.0708. The molecule has 0 N–H and O–H groups in total. The average Bonchev–Trinajstić information content (AvgIpc) is 2.69. The molecule has 1 aromatic rings. The van der Waals surface area contributed by atoms with Crippen molar-refractivity contribution in [3.8, 4) is 0 Å². The van der Waals surface area contributed by atoms with Crippen molar-refractivity contribution in [3.05, 3.63) is 24.0 Å². The molecule has 4 nitrogen and oxygen atoms in total. The Labute approximate surface area is 97.2 Å². The first-order valence-corrected chi connectivity index (χ1v) is 5.18. The molecule has 92 valence electrons. The van der Waals surface area contributed by atoms with Crippen molar-refractivity contribution in [2.24, 2.45) is 0 Å². The summed E-state index contributed by atoms with van der Waals surface area (Å²) in [5, 5.41) is 0. The molecule has 17 heavy (non-hydrogen) atoms. The van der Waals surface area contributed by atoms with E-state index in [4.69, 9.17) is 0 Å². The first kappa shape index (κ1) is 11.8. The van der Waals surface area contributed by atoms with Crippen LogP contribution in [0, 0.1) is 0 Å². The van der Waals surface area contributed by atoms with Crippen molar-refractivity contribution in [1.82, 2.24) is 4.98 Å². The van der Waals surface area contributed by atoms with Crippen LogP contribution in [-0.2, 0) is 4.74 Å². The molecule has 2 rings (SSSR count). The van der Waals surface area contributed by atoms with Gasteiger partial charge in [-0.05, 0) is 6.07 Å². The lowest BCUT2D eigenvalue weighted by atomic mass is 10.2. The topological polar surface area (TPSA) is 42.4 Å². The Kier molecular flexibility index (Phi) is 2.95. The quantitative estimate of drug-likeness (QED) is 0.740. The first-order valence-electron chi connectivity index (χ1n) is 5.18. The fourth-order valence-electron chi connectivity index (χ4n) is 1.79. The number of hydrogen-bond donors (Lipinski definition) is 0. The van der Waals surface area contributed by atoms with E-state index in [2.05, 4.69) is 9.72 Å². The summed E-state index contributed by atoms with van der Waals surface area (Å²) in [7, 11) is 1.26. The number of halogens is 2. The van der Waals surface area contributed by atoms with Gasteiger partial charge in [0.2, 0.25) is 0 Å². The number of alkyl halides is 2. The van der Waals surface area contributed by atoms with Crippen molar-refractivity contribution in [3.63, 3.8) is 0 Å². The minimum absolute atomic E-state index is 0.171. The van der Waals surface area contributed by atoms with Crippen molar-refractivity contribution < 1.29 is 18.3 Å². The van der Waals surface area contributed by atoms with Gasteiger partial charge >= 0.3 is 5.97 Å². The highest BCUT2D eigenvalue weighted by Crippen LogP contribution is 2.30. The van der Waals surface area contributed by atoms with Gasteiger partial charge in [0.25, 0.3) is 5.92 Å². The highest BCUT2D eigenvalue weighted by molar-refractivity contribution is 5.90. The Bertz CT molecular complexity index is 437. The van der Waals surface area contributed by atoms with Crippen molar-refractivity contribution in [1.29, 1.82) is 0 Å². The van der Waals surface area contributed by atoms with Gasteiger partial charge in [-0.3, -0.25) is 4.98 Å². The second-order valence-corrected chi connectivity index (χ2v) is 3.95. The maximum Gasteiger partial charge on any atom is 0.339 e. The third-order valence-corrected chi connectivity index (χ3v) is 2.68. The van der Waals surface area contributed by atoms with Crippen LogP contribution in [0.5, 0.6) is 0 Å². The van der Waals surface area contributed by atoms with E-state index in [1.807, 2.05) is 0 Å². The molecule has 0 bridgehead atoms. The van der Waals surface area contributed by atoms with Gasteiger partial charge in [-0.15, -0.1) is 0 Å². The number of aromatic nitrogens is 1. The van der Waals surface area contributed by atoms with E-state index >= 15 is 0 Å². The molecule has 0 amide bonds. The maximum absolute atomic E-state index is 13.1. The Hall–Kier alpha value is -1.72. The Morgan fingerprint density at radius 3 is 2.88 bits per heavy atom. The maximum atomic E-state index is 13.1. The highest BCUT2D eigenvalue weighted by Gasteiger charge is 2.38. The fraction of sp³-hybridized carbons (Fsp3) is 0.455. The largest absolute Gasteiger partial charge is 0.465 e. The normalized spacial score (nSPS) is 18.2. The second-order valence-electron chi connectivity index (χ2n) is 3.95. The van der Waals surface area contributed by atoms with E-state index in [9.17, 15) is 13.6 Å². The summed E-state index contributed by atoms with van der Waals surface area (Å²) in [6.07, 6.45) is 2.65. The van der Waals surface area contributed by atoms with Crippen molar-refractivity contribution in [2.45, 2.75) is 12.3 Å². The molecule has 1 aliphatic heterocycles. The predicted molar refractivity (Wildman–Crippen MR) is 57.4 cm³/mol. The zero-order valence-corrected chi connectivity index (χ0v) is 9.32. The minimum atomic E-state index is -2.67. The molecule has 1 saturated heterocycles. The number of esters is 1. The lowest BCUT2D eigenvalue weighted by Crippen LogP contribution is -2.25. The summed E-state index contributed by atoms with van der Waals surface area (Å²) in [6, 6.07) is 1.51. The predicted octanol–water partition coefficient (Wildman–Crippen LogP) is 1.71. The van der Waals surface area contributed by atoms with Crippen LogP contribution >= 0.6 is 0 Å². The summed E-state index contributed by atoms with van der Waals surface area (Å²) < 4.78 is 30.7. The smallest absolute Gasteiger partial charge is 0.339 e. The minimum Gasteiger partial charge on any atom is -0.465 e. The van der Waals surface area contributed by atoms with Crippen LogP contribution < -0.4 is 4.90 Å². The Morgan fingerprint density at radius 2 is 2.29 bits per heavy atom. The van der Waals surface area contributed by atoms with Gasteiger partial charge in [0.15, 0.2) is 0 Å². The van der Waals surface area contributed by atoms with E-state index < -0.39 is 11.9 Å². The van der Waals surface area contributed by atoms with Crippen molar-refractivity contribution >= 4 is 11.7 Å². The lowest BCUT2D eigenvalue weighted by Gasteiger charge is -2.18. The molecule has 0 radical (unpaired) electrons. The number of rotatable bonds is 2. The molecule has 1 fully saturated rings. The number of hydrogen-bond acceptors (Lipinski definition) is 4. The molecule has 1 aliphatic rings. The third-order valence-electron chi connectivity index (χ3n) is 2.68. The van der Waals surface area contributed by atoms with Crippen molar-refractivity contribution in [2.75, 3.05) is 25.1 Å². The molecule has 0 unspecified atom stereocenters. The van der Waals surface area contributed by atoms with Crippen LogP contribution in [0.15, 0.2) is 18.5 Å². The lowest BCUT2D eigenvalue weighted by molar-refractivity contribution is 0.0257. The number of methoxy groups -OCH3 is 1. The zero-order chi connectivity index (χ0) is 12.5. The van der Waals surface area contributed by atoms with Gasteiger partial charge in [-0.2, -0.15) is 0 Å². The van der Waals surface area contributed by atoms with E-state index in [-0.39, 0.29) is 25.1 Å². The van der Waals surface area contributed by atoms with Gasteiger partial charge in [-0.25, -0.2) is 13.6 Å². The van der Waals surface area contributed by atoms with Crippen LogP contribution in [0.2, 0.25) is 0 Å². The van der Waals surface area contributed by atoms with E-state index in [1.54, 1.807) is 0 Å². The molecule has 0 atom stereocenters. The molecule has 0 saturated carbocycles. The van der Waals surface area contributed by atoms with E-state index in [0.717, 1.165) is 0 Å². The van der Waals surface area contributed by atoms with Gasteiger partial charge in [0, 0.05) is 19.2 Å². The number of nitrogens with zero attached hydrogens (tertiary/aromatic N) is 2. The van der Waals surface area contributed by atoms with Crippen LogP contribution in [0.1, 0.15) is 16.8 Å². The summed E-state index contributed by atoms with van der Waals surface area (Å²) in [5.74, 6) is -3.19. The zero-order valence-electron chi connectivity index (χ0n) is 9.32. The average molecular weight is 242 g/mol. The number of carbonyl (C=O) groups excluding carboxylic acids is 1. The SMILES string of the molecule is COC(=O)c1cncc(N2CCC(F)(F)C2)c1. The Balaban J connectivity index is 2.20. The highest BCUT2D eigenvalue weighted by atomic mass is 19.3. The molecule has 0 spiro atoms. The third kappa shape index (κ3) is 2.51. The van der Waals surface area contributed by atoms with Crippen LogP contribution in [0.3, 0.4) is 0 Å². The van der Waals surface area contributed by atoms with Gasteiger partial charge in [0.05, 0.1) is 31.1 Å². The van der Waals surface area contributed by atoms with E-state index in [1.165, 1.54) is 30.5 Å². The van der Waals surface area contributed by atoms with Gasteiger partial charge in [0.1, 0.15) is 0 Å². The molecular weight excluding hydrogens is 230 g/mol. The molecule has 2 heterocycles. The van der Waals surface area contributed by atoms with Crippen LogP contribution in [0.4, 0.5) is 14.5 Å². The molecule has 0 aliphatic carbocycles. The number of anilines is 1. The Morgan fingerprint density at radius 1 is 1.53 bits per heavy atom. The first-order chi connectivity index (χ1) is 8.02. The molecule has 6 heteroatoms. The number of ether oxygens (including phenoxy) is 1. The molecule has 1 aromatic heterocycles. The number of carbonyl (C=O) groups is 1. The van der Waals surface area contributed by atoms with Gasteiger partial charge in [-0.1, -0.05) is 0 Å². The van der Waals surface area contributed by atoms with Gasteiger partial charge < -0.3 is 9.64 Å². The summed E-state index contributed by atoms with van der Waals surface area (Å²) in [5.41, 5.74) is 0.783. The van der Waals surface area contributed by atoms with Crippen LogP contribution in [-0.4, -0.2) is 37.1 Å². The molecule has 0 aromatic carbocycles. The monoisotopic (exact) mass is 242 g/mol. The van der Waals surface area contributed by atoms with Crippen LogP contribution in [0.25, 0.3) is 0 Å². The second kappa shape index (κ2) is 4.27. The summed E-state index contributed by atoms with van der Waals surface area (Å²) in [4.78, 5) is 16.7. The number of pyridine rings is 1. The summed E-state index contributed by atoms with van der Waals surface area (Å²) >= 11 is 0. The standard InChI is InChI=1S/C11H12F2N2O2/c1-17-10(16)8-4-9(6-14-5-8)15-3-2-11(12,13)7-15/h4-6H,2-3,7H2,1H3. The fourth-order valence-corrected chi connectivity index (χ4v) is 1.79.